The highest BCUT2D eigenvalue weighted by molar-refractivity contribution is 7.22. The summed E-state index contributed by atoms with van der Waals surface area (Å²) in [6.07, 6.45) is -3.73. The van der Waals surface area contributed by atoms with E-state index in [2.05, 4.69) is 25.0 Å². The zero-order chi connectivity index (χ0) is 25.2. The molecular formula is C21H21F3N6O4S. The van der Waals surface area contributed by atoms with E-state index < -0.39 is 12.1 Å². The lowest BCUT2D eigenvalue weighted by Gasteiger charge is -2.34. The number of methoxy groups -OCH3 is 1. The molecule has 186 valence electrons. The molecule has 1 N–H and O–H groups in total. The van der Waals surface area contributed by atoms with Crippen LogP contribution in [0, 0.1) is 6.92 Å². The molecule has 1 aliphatic rings. The Hall–Kier alpha value is -3.52. The first-order valence-corrected chi connectivity index (χ1v) is 11.3. The lowest BCUT2D eigenvalue weighted by molar-refractivity contribution is -0.189. The second kappa shape index (κ2) is 10.00. The van der Waals surface area contributed by atoms with E-state index in [1.807, 2.05) is 4.90 Å². The lowest BCUT2D eigenvalue weighted by atomic mass is 10.1. The van der Waals surface area contributed by atoms with Gasteiger partial charge in [-0.1, -0.05) is 29.5 Å². The molecule has 4 rings (SSSR count). The second-order valence-electron chi connectivity index (χ2n) is 7.70. The summed E-state index contributed by atoms with van der Waals surface area (Å²) >= 11 is 1.20. The third kappa shape index (κ3) is 5.59. The number of carbonyl (C=O) groups excluding carboxylic acids is 2. The second-order valence-corrected chi connectivity index (χ2v) is 8.68. The molecule has 3 heterocycles. The van der Waals surface area contributed by atoms with E-state index in [0.717, 1.165) is 0 Å². The summed E-state index contributed by atoms with van der Waals surface area (Å²) in [6, 6.07) is 4.56. The van der Waals surface area contributed by atoms with Crippen LogP contribution in [0.5, 0.6) is 11.6 Å². The van der Waals surface area contributed by atoms with E-state index in [4.69, 9.17) is 4.74 Å². The number of benzene rings is 1. The number of piperazine rings is 1. The fourth-order valence-corrected chi connectivity index (χ4v) is 4.38. The maximum absolute atomic E-state index is 12.7. The molecule has 0 aliphatic carbocycles. The molecule has 35 heavy (non-hydrogen) atoms. The van der Waals surface area contributed by atoms with Gasteiger partial charge in [0, 0.05) is 38.3 Å². The topological polar surface area (TPSA) is 110 Å². The quantitative estimate of drug-likeness (QED) is 0.412. The third-order valence-electron chi connectivity index (χ3n) is 5.34. The van der Waals surface area contributed by atoms with Crippen LogP contribution < -0.4 is 14.8 Å². The molecule has 14 heteroatoms. The highest BCUT2D eigenvalue weighted by atomic mass is 32.1. The minimum atomic E-state index is -5.08. The van der Waals surface area contributed by atoms with Crippen LogP contribution in [-0.2, 0) is 11.3 Å². The zero-order valence-corrected chi connectivity index (χ0v) is 19.6. The molecule has 0 bridgehead atoms. The summed E-state index contributed by atoms with van der Waals surface area (Å²) in [5.74, 6) is -2.03. The summed E-state index contributed by atoms with van der Waals surface area (Å²) in [4.78, 5) is 40.7. The third-order valence-corrected chi connectivity index (χ3v) is 6.22. The predicted octanol–water partition coefficient (Wildman–Crippen LogP) is 3.22. The van der Waals surface area contributed by atoms with Crippen molar-refractivity contribution in [3.8, 4) is 11.6 Å². The summed E-state index contributed by atoms with van der Waals surface area (Å²) in [6.45, 7) is 3.59. The molecule has 2 aromatic heterocycles. The highest BCUT2D eigenvalue weighted by Crippen LogP contribution is 2.30. The number of anilines is 1. The number of esters is 1. The number of hydrogen-bond acceptors (Lipinski definition) is 9. The molecule has 1 aromatic carbocycles. The van der Waals surface area contributed by atoms with Crippen molar-refractivity contribution in [2.45, 2.75) is 19.6 Å². The van der Waals surface area contributed by atoms with E-state index in [-0.39, 0.29) is 18.3 Å². The van der Waals surface area contributed by atoms with Crippen LogP contribution in [0.15, 0.2) is 24.5 Å². The number of halogens is 3. The highest BCUT2D eigenvalue weighted by Gasteiger charge is 2.42. The fraction of sp³-hybridized carbons (Fsp3) is 0.381. The van der Waals surface area contributed by atoms with Gasteiger partial charge in [0.25, 0.3) is 0 Å². The molecule has 0 spiro atoms. The number of hydrogen-bond donors (Lipinski definition) is 1. The first-order chi connectivity index (χ1) is 16.7. The van der Waals surface area contributed by atoms with Crippen molar-refractivity contribution >= 4 is 38.8 Å². The van der Waals surface area contributed by atoms with Gasteiger partial charge >= 0.3 is 18.2 Å². The normalized spacial score (nSPS) is 14.7. The molecule has 0 radical (unpaired) electrons. The Bertz CT molecular complexity index is 1240. The molecule has 3 aromatic rings. The largest absolute Gasteiger partial charge is 0.491 e. The Labute approximate surface area is 201 Å². The van der Waals surface area contributed by atoms with Gasteiger partial charge in [0.1, 0.15) is 12.1 Å². The smallest absolute Gasteiger partial charge is 0.479 e. The Kier molecular flexibility index (Phi) is 7.03. The molecule has 0 unspecified atom stereocenters. The average Bonchev–Trinajstić information content (AvgIpc) is 3.23. The van der Waals surface area contributed by atoms with Crippen molar-refractivity contribution in [1.82, 2.24) is 24.8 Å². The maximum Gasteiger partial charge on any atom is 0.491 e. The summed E-state index contributed by atoms with van der Waals surface area (Å²) in [5.41, 5.74) is 1.35. The number of amides is 2. The zero-order valence-electron chi connectivity index (χ0n) is 18.8. The number of nitrogens with zero attached hydrogens (tertiary/aromatic N) is 5. The molecule has 10 nitrogen and oxygen atoms in total. The van der Waals surface area contributed by atoms with Crippen LogP contribution >= 0.6 is 11.3 Å². The SMILES string of the molecule is COc1ncnc2sc(NC(=O)N3CCN(Cc4cccc(C)c4OC(=O)C(F)(F)F)CC3)nc12. The number of fused-ring (bicyclic) bond motifs is 1. The van der Waals surface area contributed by atoms with Crippen LogP contribution in [0.25, 0.3) is 10.3 Å². The first kappa shape index (κ1) is 24.6. The van der Waals surface area contributed by atoms with Gasteiger partial charge in [0.2, 0.25) is 5.88 Å². The predicted molar refractivity (Wildman–Crippen MR) is 120 cm³/mol. The van der Waals surface area contributed by atoms with Gasteiger partial charge in [-0.3, -0.25) is 10.2 Å². The number of urea groups is 1. The average molecular weight is 510 g/mol. The summed E-state index contributed by atoms with van der Waals surface area (Å²) in [5, 5.41) is 3.12. The minimum absolute atomic E-state index is 0.0932. The Morgan fingerprint density at radius 1 is 1.17 bits per heavy atom. The van der Waals surface area contributed by atoms with Crippen molar-refractivity contribution in [3.05, 3.63) is 35.7 Å². The van der Waals surface area contributed by atoms with Crippen molar-refractivity contribution in [1.29, 1.82) is 0 Å². The molecule has 1 aliphatic heterocycles. The molecule has 2 amide bonds. The Morgan fingerprint density at radius 3 is 2.60 bits per heavy atom. The van der Waals surface area contributed by atoms with E-state index >= 15 is 0 Å². The number of carbonyl (C=O) groups is 2. The van der Waals surface area contributed by atoms with Crippen molar-refractivity contribution in [2.24, 2.45) is 0 Å². The summed E-state index contributed by atoms with van der Waals surface area (Å²) in [7, 11) is 1.47. The number of aromatic nitrogens is 3. The number of para-hydroxylation sites is 1. The molecule has 1 saturated heterocycles. The van der Waals surface area contributed by atoms with Gasteiger partial charge < -0.3 is 14.4 Å². The number of rotatable bonds is 5. The van der Waals surface area contributed by atoms with Gasteiger partial charge in [-0.2, -0.15) is 18.2 Å². The molecular weight excluding hydrogens is 489 g/mol. The fourth-order valence-electron chi connectivity index (χ4n) is 3.59. The number of ether oxygens (including phenoxy) is 2. The maximum atomic E-state index is 12.7. The minimum Gasteiger partial charge on any atom is -0.479 e. The van der Waals surface area contributed by atoms with E-state index in [1.54, 1.807) is 30.0 Å². The van der Waals surface area contributed by atoms with Gasteiger partial charge in [-0.05, 0) is 12.5 Å². The van der Waals surface area contributed by atoms with Crippen LogP contribution in [0.2, 0.25) is 0 Å². The van der Waals surface area contributed by atoms with Crippen LogP contribution in [0.3, 0.4) is 0 Å². The summed E-state index contributed by atoms with van der Waals surface area (Å²) < 4.78 is 47.9. The van der Waals surface area contributed by atoms with Gasteiger partial charge in [-0.15, -0.1) is 0 Å². The van der Waals surface area contributed by atoms with Crippen LogP contribution in [0.1, 0.15) is 11.1 Å². The van der Waals surface area contributed by atoms with Crippen molar-refractivity contribution < 1.29 is 32.2 Å². The Morgan fingerprint density at radius 2 is 1.91 bits per heavy atom. The van der Waals surface area contributed by atoms with E-state index in [0.29, 0.717) is 58.7 Å². The molecule has 0 saturated carbocycles. The van der Waals surface area contributed by atoms with Crippen molar-refractivity contribution in [3.63, 3.8) is 0 Å². The van der Waals surface area contributed by atoms with Gasteiger partial charge in [-0.25, -0.2) is 19.6 Å². The lowest BCUT2D eigenvalue weighted by Crippen LogP contribution is -2.49. The standard InChI is InChI=1S/C21H21F3N6O4S/c1-12-4-3-5-13(15(12)34-18(31)21(22,23)24)10-29-6-8-30(9-7-29)20(32)28-19-27-14-16(33-2)25-11-26-17(14)35-19/h3-5,11H,6-10H2,1-2H3,(H,27,28,32). The van der Waals surface area contributed by atoms with Gasteiger partial charge in [0.15, 0.2) is 15.5 Å². The van der Waals surface area contributed by atoms with Crippen molar-refractivity contribution in [2.75, 3.05) is 38.6 Å². The van der Waals surface area contributed by atoms with Crippen LogP contribution in [0.4, 0.5) is 23.1 Å². The molecule has 0 atom stereocenters. The molecule has 1 fully saturated rings. The number of thiazole rings is 1. The first-order valence-electron chi connectivity index (χ1n) is 10.5. The number of aryl methyl sites for hydroxylation is 1. The van der Waals surface area contributed by atoms with Gasteiger partial charge in [0.05, 0.1) is 7.11 Å². The monoisotopic (exact) mass is 510 g/mol. The Balaban J connectivity index is 1.36. The number of alkyl halides is 3. The number of nitrogens with one attached hydrogen (secondary N) is 1. The van der Waals surface area contributed by atoms with Crippen LogP contribution in [-0.4, -0.2) is 76.2 Å². The van der Waals surface area contributed by atoms with E-state index in [9.17, 15) is 22.8 Å². The van der Waals surface area contributed by atoms with E-state index in [1.165, 1.54) is 24.8 Å².